The number of phosphoric acid groups is 1. The van der Waals surface area contributed by atoms with E-state index in [2.05, 4.69) is 31.3 Å². The van der Waals surface area contributed by atoms with E-state index in [1.807, 2.05) is 0 Å². The van der Waals surface area contributed by atoms with Crippen LogP contribution in [0, 0.1) is 0 Å². The number of carbonyl (C=O) groups is 1. The van der Waals surface area contributed by atoms with Gasteiger partial charge in [0.05, 0.1) is 31.3 Å². The van der Waals surface area contributed by atoms with Gasteiger partial charge in [-0.15, -0.1) is 0 Å². The Morgan fingerprint density at radius 3 is 1.35 bits per heavy atom. The molecule has 0 aromatic heterocycles. The molecule has 0 aromatic rings. The van der Waals surface area contributed by atoms with Crippen LogP contribution in [-0.4, -0.2) is 108 Å². The van der Waals surface area contributed by atoms with Gasteiger partial charge in [-0.1, -0.05) is 192 Å². The van der Waals surface area contributed by atoms with Crippen LogP contribution < -0.4 is 5.32 Å². The molecule has 8 unspecified atom stereocenters. The maximum absolute atomic E-state index is 13.0. The summed E-state index contributed by atoms with van der Waals surface area (Å²) in [5.41, 5.74) is 0. The molecule has 8 atom stereocenters. The van der Waals surface area contributed by atoms with Crippen molar-refractivity contribution in [2.24, 2.45) is 0 Å². The Bertz CT molecular complexity index is 1180. The predicted molar refractivity (Wildman–Crippen MR) is 252 cm³/mol. The molecule has 0 saturated heterocycles. The molecule has 1 saturated carbocycles. The minimum absolute atomic E-state index is 0.249. The van der Waals surface area contributed by atoms with Gasteiger partial charge in [0.25, 0.3) is 0 Å². The van der Waals surface area contributed by atoms with Crippen LogP contribution in [0.1, 0.15) is 219 Å². The lowest BCUT2D eigenvalue weighted by Gasteiger charge is -2.41. The lowest BCUT2D eigenvalue weighted by molar-refractivity contribution is -0.220. The average Bonchev–Trinajstić information content (AvgIpc) is 3.26. The zero-order valence-electron chi connectivity index (χ0n) is 39.5. The molecule has 0 aromatic carbocycles. The van der Waals surface area contributed by atoms with E-state index in [0.29, 0.717) is 12.8 Å². The fraction of sp³-hybridized carbons (Fsp3) is 0.898. The summed E-state index contributed by atoms with van der Waals surface area (Å²) in [6.07, 6.45) is 29.7. The number of allylic oxidation sites excluding steroid dienone is 3. The van der Waals surface area contributed by atoms with E-state index in [0.717, 1.165) is 64.2 Å². The topological polar surface area (TPSA) is 226 Å². The Hall–Kier alpha value is -1.22. The van der Waals surface area contributed by atoms with Gasteiger partial charge in [-0.3, -0.25) is 13.8 Å². The van der Waals surface area contributed by atoms with Crippen LogP contribution in [0.5, 0.6) is 0 Å². The lowest BCUT2D eigenvalue weighted by Crippen LogP contribution is -2.64. The quantitative estimate of drug-likeness (QED) is 0.0159. The molecule has 372 valence electrons. The molecule has 1 fully saturated rings. The number of aliphatic hydroxyl groups excluding tert-OH is 7. The predicted octanol–water partition coefficient (Wildman–Crippen LogP) is 9.15. The highest BCUT2D eigenvalue weighted by atomic mass is 31.2. The van der Waals surface area contributed by atoms with E-state index in [1.54, 1.807) is 6.08 Å². The molecule has 14 heteroatoms. The van der Waals surface area contributed by atoms with Crippen LogP contribution in [-0.2, 0) is 18.4 Å². The summed E-state index contributed by atoms with van der Waals surface area (Å²) in [4.78, 5) is 23.5. The smallest absolute Gasteiger partial charge is 0.393 e. The minimum atomic E-state index is -5.14. The summed E-state index contributed by atoms with van der Waals surface area (Å²) in [5.74, 6) is -0.596. The number of nitrogens with one attached hydrogen (secondary N) is 1. The molecule has 0 bridgehead atoms. The molecular weight excluding hydrogens is 826 g/mol. The van der Waals surface area contributed by atoms with Gasteiger partial charge in [-0.25, -0.2) is 4.57 Å². The molecule has 9 N–H and O–H groups in total. The normalized spacial score (nSPS) is 23.0. The average molecular weight is 920 g/mol. The Balaban J connectivity index is 2.51. The highest BCUT2D eigenvalue weighted by Crippen LogP contribution is 2.47. The van der Waals surface area contributed by atoms with E-state index >= 15 is 0 Å². The van der Waals surface area contributed by atoms with Gasteiger partial charge in [0.15, 0.2) is 0 Å². The van der Waals surface area contributed by atoms with E-state index in [4.69, 9.17) is 9.05 Å². The summed E-state index contributed by atoms with van der Waals surface area (Å²) in [7, 11) is -5.14. The van der Waals surface area contributed by atoms with E-state index in [-0.39, 0.29) is 6.42 Å². The maximum Gasteiger partial charge on any atom is 0.472 e. The number of hydrogen-bond donors (Lipinski definition) is 9. The molecule has 0 heterocycles. The maximum atomic E-state index is 13.0. The van der Waals surface area contributed by atoms with Gasteiger partial charge >= 0.3 is 7.82 Å². The highest BCUT2D eigenvalue weighted by Gasteiger charge is 2.51. The van der Waals surface area contributed by atoms with Crippen molar-refractivity contribution < 1.29 is 59.0 Å². The molecule has 0 radical (unpaired) electrons. The van der Waals surface area contributed by atoms with Crippen LogP contribution >= 0.6 is 7.82 Å². The third kappa shape index (κ3) is 30.6. The van der Waals surface area contributed by atoms with Crippen LogP contribution in [0.2, 0.25) is 0 Å². The van der Waals surface area contributed by atoms with Crippen LogP contribution in [0.25, 0.3) is 0 Å². The van der Waals surface area contributed by atoms with Crippen molar-refractivity contribution in [3.63, 3.8) is 0 Å². The summed E-state index contributed by atoms with van der Waals surface area (Å²) >= 11 is 0. The van der Waals surface area contributed by atoms with Crippen molar-refractivity contribution in [3.05, 3.63) is 24.3 Å². The van der Waals surface area contributed by atoms with Gasteiger partial charge in [0.2, 0.25) is 5.91 Å². The van der Waals surface area contributed by atoms with E-state index in [1.165, 1.54) is 128 Å². The van der Waals surface area contributed by atoms with Gasteiger partial charge in [-0.05, 0) is 44.9 Å². The van der Waals surface area contributed by atoms with Crippen molar-refractivity contribution in [1.82, 2.24) is 5.32 Å². The number of phosphoric ester groups is 1. The second-order valence-corrected chi connectivity index (χ2v) is 19.6. The fourth-order valence-electron chi connectivity index (χ4n) is 8.12. The molecule has 1 amide bonds. The number of amides is 1. The van der Waals surface area contributed by atoms with Crippen LogP contribution in [0.4, 0.5) is 0 Å². The summed E-state index contributed by atoms with van der Waals surface area (Å²) in [6, 6.07) is -1.24. The van der Waals surface area contributed by atoms with E-state index in [9.17, 15) is 50.0 Å². The molecular formula is C49H94NO12P. The molecule has 0 spiro atoms. The van der Waals surface area contributed by atoms with Gasteiger partial charge in [0.1, 0.15) is 36.6 Å². The SMILES string of the molecule is CCCCCCCCCC/C=C\CCCCCCCC(O)CC(=O)NC(COP(=O)(O)OC1C(O)C(O)C(O)C(O)C1O)C(O)/C=C/CCCCCCCCCCCCCCCC. The number of carbonyl (C=O) groups excluding carboxylic acids is 1. The number of aliphatic hydroxyl groups is 7. The third-order valence-electron chi connectivity index (χ3n) is 12.3. The number of hydrogen-bond acceptors (Lipinski definition) is 11. The van der Waals surface area contributed by atoms with E-state index < -0.39 is 75.2 Å². The van der Waals surface area contributed by atoms with Crippen molar-refractivity contribution in [2.45, 2.75) is 274 Å². The largest absolute Gasteiger partial charge is 0.472 e. The Labute approximate surface area is 382 Å². The molecule has 0 aliphatic heterocycles. The second kappa shape index (κ2) is 38.8. The monoisotopic (exact) mass is 920 g/mol. The fourth-order valence-corrected chi connectivity index (χ4v) is 9.09. The molecule has 1 aliphatic rings. The number of rotatable bonds is 42. The number of unbranched alkanes of at least 4 members (excludes halogenated alkanes) is 27. The zero-order valence-corrected chi connectivity index (χ0v) is 40.4. The molecule has 1 aliphatic carbocycles. The highest BCUT2D eigenvalue weighted by molar-refractivity contribution is 7.47. The Kier molecular flexibility index (Phi) is 36.9. The minimum Gasteiger partial charge on any atom is -0.393 e. The van der Waals surface area contributed by atoms with Crippen molar-refractivity contribution in [3.8, 4) is 0 Å². The van der Waals surface area contributed by atoms with Crippen molar-refractivity contribution in [2.75, 3.05) is 6.61 Å². The molecule has 1 rings (SSSR count). The first-order valence-electron chi connectivity index (χ1n) is 25.4. The molecule has 63 heavy (non-hydrogen) atoms. The van der Waals surface area contributed by atoms with Gasteiger partial charge in [-0.2, -0.15) is 0 Å². The Morgan fingerprint density at radius 1 is 0.556 bits per heavy atom. The zero-order chi connectivity index (χ0) is 46.6. The molecule has 13 nitrogen and oxygen atoms in total. The first-order valence-corrected chi connectivity index (χ1v) is 26.9. The van der Waals surface area contributed by atoms with Gasteiger partial charge < -0.3 is 46.0 Å². The summed E-state index contributed by atoms with van der Waals surface area (Å²) in [6.45, 7) is 3.75. The van der Waals surface area contributed by atoms with Crippen molar-refractivity contribution >= 4 is 13.7 Å². The third-order valence-corrected chi connectivity index (χ3v) is 13.3. The summed E-state index contributed by atoms with van der Waals surface area (Å²) in [5, 5.41) is 74.6. The first-order chi connectivity index (χ1) is 30.3. The van der Waals surface area contributed by atoms with Crippen molar-refractivity contribution in [1.29, 1.82) is 0 Å². The summed E-state index contributed by atoms with van der Waals surface area (Å²) < 4.78 is 22.9. The van der Waals surface area contributed by atoms with Gasteiger partial charge in [0, 0.05) is 0 Å². The van der Waals surface area contributed by atoms with Crippen LogP contribution in [0.15, 0.2) is 24.3 Å². The second-order valence-electron chi connectivity index (χ2n) is 18.2. The first kappa shape index (κ1) is 59.8. The van der Waals surface area contributed by atoms with Crippen LogP contribution in [0.3, 0.4) is 0 Å². The lowest BCUT2D eigenvalue weighted by atomic mass is 9.85. The standard InChI is InChI=1S/C49H94NO12P/c1-3-5-7-9-11-13-15-17-19-21-22-24-26-28-30-32-34-36-40(51)38-43(53)50-41(39-61-63(59,60)62-49-47(57)45(55)44(54)46(56)48(49)58)42(52)37-35-33-31-29-27-25-23-20-18-16-14-12-10-8-6-4-2/h21-22,35,37,40-42,44-49,51-52,54-58H,3-20,23-34,36,38-39H2,1-2H3,(H,50,53)(H,59,60)/b22-21-,37-35+. The Morgan fingerprint density at radius 2 is 0.921 bits per heavy atom.